The van der Waals surface area contributed by atoms with Crippen LogP contribution < -0.4 is 0 Å². The fraction of sp³-hybridized carbons (Fsp3) is 0. The standard InChI is InChI=1S/C7H4BBrF3O/c9-6-3-1-5(2-4-6)7(13)8(10,11)12/h1-4H/q-1. The van der Waals surface area contributed by atoms with Gasteiger partial charge in [-0.3, -0.25) is 0 Å². The molecule has 0 heterocycles. The van der Waals surface area contributed by atoms with Gasteiger partial charge in [0.25, 0.3) is 0 Å². The van der Waals surface area contributed by atoms with E-state index < -0.39 is 12.7 Å². The monoisotopic (exact) mass is 251 g/mol. The van der Waals surface area contributed by atoms with Crippen molar-refractivity contribution in [1.82, 2.24) is 0 Å². The van der Waals surface area contributed by atoms with Crippen LogP contribution in [0.2, 0.25) is 0 Å². The molecule has 6 heteroatoms. The van der Waals surface area contributed by atoms with Crippen LogP contribution in [0.1, 0.15) is 10.4 Å². The number of hydrogen-bond acceptors (Lipinski definition) is 1. The van der Waals surface area contributed by atoms with Crippen molar-refractivity contribution >= 4 is 28.6 Å². The molecule has 1 aromatic rings. The molecule has 0 aliphatic heterocycles. The van der Waals surface area contributed by atoms with Gasteiger partial charge in [0.1, 0.15) is 5.68 Å². The first-order valence-electron chi connectivity index (χ1n) is 3.41. The maximum atomic E-state index is 11.9. The summed E-state index contributed by atoms with van der Waals surface area (Å²) in [6.45, 7) is -5.42. The topological polar surface area (TPSA) is 17.1 Å². The molecule has 0 spiro atoms. The average Bonchev–Trinajstić information content (AvgIpc) is 2.03. The van der Waals surface area contributed by atoms with Crippen LogP contribution in [0.15, 0.2) is 28.7 Å². The van der Waals surface area contributed by atoms with Crippen LogP contribution in [-0.4, -0.2) is 12.7 Å². The Morgan fingerprint density at radius 2 is 1.62 bits per heavy atom. The highest BCUT2D eigenvalue weighted by molar-refractivity contribution is 9.10. The van der Waals surface area contributed by atoms with Gasteiger partial charge in [-0.15, -0.1) is 0 Å². The van der Waals surface area contributed by atoms with Crippen molar-refractivity contribution in [2.24, 2.45) is 0 Å². The summed E-state index contributed by atoms with van der Waals surface area (Å²) in [7, 11) is 0. The van der Waals surface area contributed by atoms with Crippen molar-refractivity contribution in [1.29, 1.82) is 0 Å². The number of halogens is 4. The quantitative estimate of drug-likeness (QED) is 0.739. The summed E-state index contributed by atoms with van der Waals surface area (Å²) in [5.74, 6) is 0. The maximum absolute atomic E-state index is 11.9. The van der Waals surface area contributed by atoms with Crippen molar-refractivity contribution in [2.45, 2.75) is 0 Å². The zero-order valence-electron chi connectivity index (χ0n) is 6.31. The molecule has 0 aromatic heterocycles. The van der Waals surface area contributed by atoms with Crippen LogP contribution in [0.3, 0.4) is 0 Å². The van der Waals surface area contributed by atoms with E-state index in [1.807, 2.05) is 0 Å². The normalized spacial score (nSPS) is 11.4. The van der Waals surface area contributed by atoms with Gasteiger partial charge in [-0.25, -0.2) is 0 Å². The Bertz CT molecular complexity index is 320. The van der Waals surface area contributed by atoms with Gasteiger partial charge < -0.3 is 17.7 Å². The van der Waals surface area contributed by atoms with Crippen LogP contribution >= 0.6 is 15.9 Å². The van der Waals surface area contributed by atoms with Crippen molar-refractivity contribution < 1.29 is 17.7 Å². The van der Waals surface area contributed by atoms with E-state index >= 15 is 0 Å². The van der Waals surface area contributed by atoms with E-state index in [2.05, 4.69) is 15.9 Å². The summed E-state index contributed by atoms with van der Waals surface area (Å²) >= 11 is 3.06. The second kappa shape index (κ2) is 3.53. The number of rotatable bonds is 2. The number of carbonyl (C=O) groups is 1. The Labute approximate surface area is 81.1 Å². The van der Waals surface area contributed by atoms with E-state index in [1.165, 1.54) is 12.1 Å². The van der Waals surface area contributed by atoms with Gasteiger partial charge in [0.05, 0.1) is 0 Å². The summed E-state index contributed by atoms with van der Waals surface area (Å²) < 4.78 is 36.4. The van der Waals surface area contributed by atoms with Crippen LogP contribution in [0, 0.1) is 0 Å². The molecule has 0 aliphatic rings. The van der Waals surface area contributed by atoms with E-state index in [4.69, 9.17) is 0 Å². The Kier molecular flexibility index (Phi) is 2.80. The van der Waals surface area contributed by atoms with E-state index in [-0.39, 0.29) is 5.56 Å². The number of carbonyl (C=O) groups excluding carboxylic acids is 1. The summed E-state index contributed by atoms with van der Waals surface area (Å²) in [6, 6.07) is 5.08. The SMILES string of the molecule is O=C(c1ccc(Br)cc1)[B-](F)(F)F. The van der Waals surface area contributed by atoms with Gasteiger partial charge in [0, 0.05) is 4.47 Å². The van der Waals surface area contributed by atoms with Crippen LogP contribution in [-0.2, 0) is 0 Å². The fourth-order valence-corrected chi connectivity index (χ4v) is 1.07. The third-order valence-corrected chi connectivity index (χ3v) is 1.95. The van der Waals surface area contributed by atoms with Gasteiger partial charge in [0.2, 0.25) is 0 Å². The highest BCUT2D eigenvalue weighted by atomic mass is 79.9. The van der Waals surface area contributed by atoms with Crippen LogP contribution in [0.5, 0.6) is 0 Å². The molecule has 0 radical (unpaired) electrons. The Hall–Kier alpha value is -0.775. The third kappa shape index (κ3) is 2.58. The van der Waals surface area contributed by atoms with Crippen LogP contribution in [0.4, 0.5) is 12.9 Å². The molecule has 0 unspecified atom stereocenters. The molecule has 70 valence electrons. The lowest BCUT2D eigenvalue weighted by Gasteiger charge is -2.12. The molecular formula is C7H4BBrF3O-. The molecule has 1 rings (SSSR count). The smallest absolute Gasteiger partial charge is 0.443 e. The second-order valence-electron chi connectivity index (χ2n) is 2.45. The Balaban J connectivity index is 2.97. The predicted molar refractivity (Wildman–Crippen MR) is 47.6 cm³/mol. The molecular weight excluding hydrogens is 248 g/mol. The predicted octanol–water partition coefficient (Wildman–Crippen LogP) is 3.02. The van der Waals surface area contributed by atoms with Gasteiger partial charge in [0.15, 0.2) is 0 Å². The summed E-state index contributed by atoms with van der Waals surface area (Å²) in [5.41, 5.74) is -2.08. The minimum absolute atomic E-state index is 0.323. The zero-order valence-corrected chi connectivity index (χ0v) is 7.89. The average molecular weight is 252 g/mol. The van der Waals surface area contributed by atoms with Crippen molar-refractivity contribution in [2.75, 3.05) is 0 Å². The maximum Gasteiger partial charge on any atom is 0.549 e. The molecule has 1 aromatic carbocycles. The lowest BCUT2D eigenvalue weighted by Crippen LogP contribution is -2.29. The van der Waals surface area contributed by atoms with Gasteiger partial charge in [-0.05, 0) is 17.7 Å². The van der Waals surface area contributed by atoms with Crippen molar-refractivity contribution in [3.05, 3.63) is 34.3 Å². The molecule has 0 atom stereocenters. The zero-order chi connectivity index (χ0) is 10.1. The molecule has 0 amide bonds. The largest absolute Gasteiger partial charge is 0.549 e. The van der Waals surface area contributed by atoms with Gasteiger partial charge in [-0.1, -0.05) is 28.1 Å². The molecule has 0 fully saturated rings. The molecule has 0 saturated heterocycles. The lowest BCUT2D eigenvalue weighted by atomic mass is 9.80. The summed E-state index contributed by atoms with van der Waals surface area (Å²) in [6.07, 6.45) is 0. The first-order valence-corrected chi connectivity index (χ1v) is 4.20. The second-order valence-corrected chi connectivity index (χ2v) is 3.36. The highest BCUT2D eigenvalue weighted by Crippen LogP contribution is 2.18. The lowest BCUT2D eigenvalue weighted by molar-refractivity contribution is 0.102. The highest BCUT2D eigenvalue weighted by Gasteiger charge is 2.33. The first-order chi connectivity index (χ1) is 5.91. The summed E-state index contributed by atoms with van der Waals surface area (Å²) in [4.78, 5) is 10.7. The van der Waals surface area contributed by atoms with E-state index in [1.54, 1.807) is 0 Å². The van der Waals surface area contributed by atoms with E-state index in [0.717, 1.165) is 12.1 Å². The molecule has 0 saturated carbocycles. The minimum Gasteiger partial charge on any atom is -0.443 e. The fourth-order valence-electron chi connectivity index (χ4n) is 0.803. The molecule has 0 aliphatic carbocycles. The Morgan fingerprint density at radius 1 is 1.15 bits per heavy atom. The Morgan fingerprint density at radius 3 is 2.00 bits per heavy atom. The van der Waals surface area contributed by atoms with E-state index in [9.17, 15) is 17.7 Å². The molecule has 13 heavy (non-hydrogen) atoms. The molecule has 0 bridgehead atoms. The molecule has 1 nitrogen and oxygen atoms in total. The summed E-state index contributed by atoms with van der Waals surface area (Å²) in [5, 5.41) is 0. The minimum atomic E-state index is -5.42. The van der Waals surface area contributed by atoms with Crippen molar-refractivity contribution in [3.63, 3.8) is 0 Å². The number of hydrogen-bond donors (Lipinski definition) is 0. The number of benzene rings is 1. The van der Waals surface area contributed by atoms with Crippen LogP contribution in [0.25, 0.3) is 0 Å². The van der Waals surface area contributed by atoms with E-state index in [0.29, 0.717) is 4.47 Å². The third-order valence-electron chi connectivity index (χ3n) is 1.43. The first kappa shape index (κ1) is 10.3. The van der Waals surface area contributed by atoms with Gasteiger partial charge in [-0.2, -0.15) is 0 Å². The van der Waals surface area contributed by atoms with Gasteiger partial charge >= 0.3 is 6.98 Å². The molecule has 0 N–H and O–H groups in total. The van der Waals surface area contributed by atoms with Crippen molar-refractivity contribution in [3.8, 4) is 0 Å².